The monoisotopic (exact) mass is 365 g/mol. The lowest BCUT2D eigenvalue weighted by Gasteiger charge is -2.13. The van der Waals surface area contributed by atoms with Gasteiger partial charge in [0, 0.05) is 28.8 Å². The second-order valence-corrected chi connectivity index (χ2v) is 7.53. The number of thiazole rings is 1. The third-order valence-electron chi connectivity index (χ3n) is 3.58. The van der Waals surface area contributed by atoms with E-state index in [1.54, 1.807) is 6.07 Å². The van der Waals surface area contributed by atoms with E-state index in [0.717, 1.165) is 10.6 Å². The minimum absolute atomic E-state index is 0.0531. The number of carbonyl (C=O) groups is 2. The van der Waals surface area contributed by atoms with Crippen LogP contribution in [-0.4, -0.2) is 21.8 Å². The van der Waals surface area contributed by atoms with Crippen LogP contribution in [0.1, 0.15) is 32.4 Å². The third-order valence-corrected chi connectivity index (χ3v) is 4.76. The van der Waals surface area contributed by atoms with Gasteiger partial charge in [-0.3, -0.25) is 9.59 Å². The van der Waals surface area contributed by atoms with Gasteiger partial charge in [0.25, 0.3) is 0 Å². The number of Topliss-reactive ketones (excluding diaryl/α,β-unsaturated/α-hetero) is 1. The number of benzene rings is 1. The molecule has 0 amide bonds. The summed E-state index contributed by atoms with van der Waals surface area (Å²) in [5.74, 6) is -1.38. The first-order valence-corrected chi connectivity index (χ1v) is 9.05. The molecule has 128 valence electrons. The molecule has 0 aliphatic carbocycles. The number of ketones is 1. The Morgan fingerprint density at radius 2 is 2.08 bits per heavy atom. The molecule has 0 aliphatic rings. The maximum Gasteiger partial charge on any atom is 0.306 e. The summed E-state index contributed by atoms with van der Waals surface area (Å²) in [5, 5.41) is 12.5. The van der Waals surface area contributed by atoms with Crippen molar-refractivity contribution in [1.82, 2.24) is 4.98 Å². The molecule has 4 nitrogen and oxygen atoms in total. The molecule has 24 heavy (non-hydrogen) atoms. The SMILES string of the molecule is CC(C)C[C@@H](CC(=O)Cc1csc(-c2cccc(Cl)c2)n1)C(=O)O. The summed E-state index contributed by atoms with van der Waals surface area (Å²) in [7, 11) is 0. The fraction of sp³-hybridized carbons (Fsp3) is 0.389. The molecule has 0 bridgehead atoms. The van der Waals surface area contributed by atoms with Gasteiger partial charge in [-0.05, 0) is 24.5 Å². The lowest BCUT2D eigenvalue weighted by molar-refractivity contribution is -0.144. The summed E-state index contributed by atoms with van der Waals surface area (Å²) in [6.07, 6.45) is 0.725. The first-order chi connectivity index (χ1) is 11.3. The molecule has 1 heterocycles. The number of hydrogen-bond acceptors (Lipinski definition) is 4. The van der Waals surface area contributed by atoms with Crippen molar-refractivity contribution in [3.05, 3.63) is 40.4 Å². The van der Waals surface area contributed by atoms with E-state index in [9.17, 15) is 14.7 Å². The van der Waals surface area contributed by atoms with Gasteiger partial charge in [-0.2, -0.15) is 0 Å². The van der Waals surface area contributed by atoms with Gasteiger partial charge in [-0.15, -0.1) is 11.3 Å². The Morgan fingerprint density at radius 3 is 2.71 bits per heavy atom. The van der Waals surface area contributed by atoms with Gasteiger partial charge in [0.2, 0.25) is 0 Å². The average molecular weight is 366 g/mol. The predicted molar refractivity (Wildman–Crippen MR) is 96.5 cm³/mol. The fourth-order valence-electron chi connectivity index (χ4n) is 2.53. The van der Waals surface area contributed by atoms with Gasteiger partial charge < -0.3 is 5.11 Å². The molecule has 0 aliphatic heterocycles. The Labute approximate surface area is 150 Å². The number of carboxylic acid groups (broad SMARTS) is 1. The third kappa shape index (κ3) is 5.42. The maximum absolute atomic E-state index is 12.2. The van der Waals surface area contributed by atoms with Crippen LogP contribution in [0.4, 0.5) is 0 Å². The second-order valence-electron chi connectivity index (χ2n) is 6.24. The zero-order valence-corrected chi connectivity index (χ0v) is 15.2. The minimum atomic E-state index is -0.907. The molecule has 0 radical (unpaired) electrons. The lowest BCUT2D eigenvalue weighted by Crippen LogP contribution is -2.20. The molecule has 1 atom stereocenters. The van der Waals surface area contributed by atoms with Crippen LogP contribution >= 0.6 is 22.9 Å². The van der Waals surface area contributed by atoms with Crippen molar-refractivity contribution in [1.29, 1.82) is 0 Å². The predicted octanol–water partition coefficient (Wildman–Crippen LogP) is 4.71. The normalized spacial score (nSPS) is 12.3. The molecule has 2 rings (SSSR count). The molecular formula is C18H20ClNO3S. The van der Waals surface area contributed by atoms with Gasteiger partial charge in [-0.1, -0.05) is 37.6 Å². The van der Waals surface area contributed by atoms with Crippen molar-refractivity contribution >= 4 is 34.7 Å². The summed E-state index contributed by atoms with van der Waals surface area (Å²) in [4.78, 5) is 27.9. The zero-order valence-electron chi connectivity index (χ0n) is 13.7. The number of halogens is 1. The van der Waals surface area contributed by atoms with Crippen molar-refractivity contribution in [3.8, 4) is 10.6 Å². The lowest BCUT2D eigenvalue weighted by atomic mass is 9.91. The molecule has 1 N–H and O–H groups in total. The molecule has 0 spiro atoms. The van der Waals surface area contributed by atoms with Crippen molar-refractivity contribution in [2.45, 2.75) is 33.1 Å². The Bertz CT molecular complexity index is 727. The number of hydrogen-bond donors (Lipinski definition) is 1. The fourth-order valence-corrected chi connectivity index (χ4v) is 3.54. The number of carboxylic acids is 1. The molecule has 2 aromatic rings. The number of carbonyl (C=O) groups excluding carboxylic acids is 1. The van der Waals surface area contributed by atoms with Crippen LogP contribution in [0.3, 0.4) is 0 Å². The average Bonchev–Trinajstić information content (AvgIpc) is 2.94. The highest BCUT2D eigenvalue weighted by Gasteiger charge is 2.22. The zero-order chi connectivity index (χ0) is 17.7. The van der Waals surface area contributed by atoms with E-state index in [0.29, 0.717) is 17.1 Å². The van der Waals surface area contributed by atoms with Crippen LogP contribution in [-0.2, 0) is 16.0 Å². The van der Waals surface area contributed by atoms with E-state index in [1.165, 1.54) is 11.3 Å². The first-order valence-electron chi connectivity index (χ1n) is 7.80. The van der Waals surface area contributed by atoms with E-state index < -0.39 is 11.9 Å². The highest BCUT2D eigenvalue weighted by molar-refractivity contribution is 7.13. The van der Waals surface area contributed by atoms with Gasteiger partial charge in [0.05, 0.1) is 11.6 Å². The molecule has 6 heteroatoms. The van der Waals surface area contributed by atoms with Crippen molar-refractivity contribution in [2.75, 3.05) is 0 Å². The van der Waals surface area contributed by atoms with Crippen molar-refractivity contribution < 1.29 is 14.7 Å². The van der Waals surface area contributed by atoms with Gasteiger partial charge in [-0.25, -0.2) is 4.98 Å². The number of aliphatic carboxylic acids is 1. The summed E-state index contributed by atoms with van der Waals surface area (Å²) in [6, 6.07) is 7.39. The van der Waals surface area contributed by atoms with Gasteiger partial charge in [0.15, 0.2) is 0 Å². The van der Waals surface area contributed by atoms with Crippen LogP contribution in [0.15, 0.2) is 29.6 Å². The summed E-state index contributed by atoms with van der Waals surface area (Å²) in [6.45, 7) is 3.91. The Kier molecular flexibility index (Phi) is 6.52. The highest BCUT2D eigenvalue weighted by Crippen LogP contribution is 2.26. The summed E-state index contributed by atoms with van der Waals surface area (Å²) in [5.41, 5.74) is 1.59. The molecule has 1 aromatic heterocycles. The second kappa shape index (κ2) is 8.40. The Morgan fingerprint density at radius 1 is 1.33 bits per heavy atom. The minimum Gasteiger partial charge on any atom is -0.481 e. The van der Waals surface area contributed by atoms with Crippen LogP contribution < -0.4 is 0 Å². The van der Waals surface area contributed by atoms with Crippen LogP contribution in [0.2, 0.25) is 5.02 Å². The summed E-state index contributed by atoms with van der Waals surface area (Å²) < 4.78 is 0. The van der Waals surface area contributed by atoms with E-state index in [-0.39, 0.29) is 24.5 Å². The maximum atomic E-state index is 12.2. The topological polar surface area (TPSA) is 67.3 Å². The number of rotatable bonds is 8. The van der Waals surface area contributed by atoms with Crippen LogP contribution in [0.25, 0.3) is 10.6 Å². The Balaban J connectivity index is 2.01. The van der Waals surface area contributed by atoms with E-state index >= 15 is 0 Å². The van der Waals surface area contributed by atoms with Crippen LogP contribution in [0, 0.1) is 11.8 Å². The molecular weight excluding hydrogens is 346 g/mol. The largest absolute Gasteiger partial charge is 0.481 e. The smallest absolute Gasteiger partial charge is 0.306 e. The van der Waals surface area contributed by atoms with Crippen molar-refractivity contribution in [3.63, 3.8) is 0 Å². The van der Waals surface area contributed by atoms with Crippen molar-refractivity contribution in [2.24, 2.45) is 11.8 Å². The standard InChI is InChI=1S/C18H20ClNO3S/c1-11(2)6-13(18(22)23)8-16(21)9-15-10-24-17(20-15)12-4-3-5-14(19)7-12/h3-5,7,10-11,13H,6,8-9H2,1-2H3,(H,22,23)/t13-/m0/s1. The highest BCUT2D eigenvalue weighted by atomic mass is 35.5. The van der Waals surface area contributed by atoms with Gasteiger partial charge >= 0.3 is 5.97 Å². The van der Waals surface area contributed by atoms with E-state index in [1.807, 2.05) is 37.4 Å². The molecule has 0 saturated heterocycles. The molecule has 0 fully saturated rings. The summed E-state index contributed by atoms with van der Waals surface area (Å²) >= 11 is 7.43. The Hall–Kier alpha value is -1.72. The quantitative estimate of drug-likeness (QED) is 0.735. The molecule has 0 unspecified atom stereocenters. The van der Waals surface area contributed by atoms with Gasteiger partial charge in [0.1, 0.15) is 10.8 Å². The molecule has 1 aromatic carbocycles. The molecule has 0 saturated carbocycles. The van der Waals surface area contributed by atoms with Crippen LogP contribution in [0.5, 0.6) is 0 Å². The number of aromatic nitrogens is 1. The van der Waals surface area contributed by atoms with E-state index in [4.69, 9.17) is 11.6 Å². The number of nitrogens with zero attached hydrogens (tertiary/aromatic N) is 1. The first kappa shape index (κ1) is 18.6. The van der Waals surface area contributed by atoms with E-state index in [2.05, 4.69) is 4.98 Å².